The zero-order chi connectivity index (χ0) is 18.7. The number of aryl methyl sites for hydroxylation is 1. The van der Waals surface area contributed by atoms with Crippen LogP contribution in [0.4, 0.5) is 5.69 Å². The fourth-order valence-corrected chi connectivity index (χ4v) is 3.11. The summed E-state index contributed by atoms with van der Waals surface area (Å²) in [5, 5.41) is 5.91. The minimum atomic E-state index is -0.946. The van der Waals surface area contributed by atoms with Gasteiger partial charge in [-0.2, -0.15) is 0 Å². The zero-order valence-electron chi connectivity index (χ0n) is 15.5. The summed E-state index contributed by atoms with van der Waals surface area (Å²) in [5.41, 5.74) is 2.90. The number of benzene rings is 1. The summed E-state index contributed by atoms with van der Waals surface area (Å²) in [4.78, 5) is 29.6. The molecule has 1 fully saturated rings. The van der Waals surface area contributed by atoms with Crippen LogP contribution in [0, 0.1) is 12.3 Å². The lowest BCUT2D eigenvalue weighted by atomic mass is 9.97. The lowest BCUT2D eigenvalue weighted by Crippen LogP contribution is -2.40. The van der Waals surface area contributed by atoms with Crippen molar-refractivity contribution in [3.8, 4) is 0 Å². The molecule has 1 saturated carbocycles. The fourth-order valence-electron chi connectivity index (χ4n) is 3.11. The van der Waals surface area contributed by atoms with Crippen molar-refractivity contribution in [3.05, 3.63) is 59.4 Å². The van der Waals surface area contributed by atoms with Gasteiger partial charge < -0.3 is 10.6 Å². The van der Waals surface area contributed by atoms with E-state index in [4.69, 9.17) is 0 Å². The van der Waals surface area contributed by atoms with E-state index in [0.717, 1.165) is 22.4 Å². The van der Waals surface area contributed by atoms with Crippen molar-refractivity contribution >= 4 is 17.5 Å². The smallest absolute Gasteiger partial charge is 0.240 e. The first-order chi connectivity index (χ1) is 12.4. The predicted octanol–water partition coefficient (Wildman–Crippen LogP) is 3.55. The van der Waals surface area contributed by atoms with Crippen molar-refractivity contribution < 1.29 is 9.59 Å². The molecule has 0 radical (unpaired) electrons. The van der Waals surface area contributed by atoms with Crippen LogP contribution in [-0.4, -0.2) is 16.8 Å². The summed E-state index contributed by atoms with van der Waals surface area (Å²) >= 11 is 0. The maximum Gasteiger partial charge on any atom is 0.240 e. The molecule has 0 aliphatic heterocycles. The van der Waals surface area contributed by atoms with E-state index >= 15 is 0 Å². The predicted molar refractivity (Wildman–Crippen MR) is 102 cm³/mol. The molecule has 136 valence electrons. The van der Waals surface area contributed by atoms with Crippen molar-refractivity contribution in [1.29, 1.82) is 0 Å². The van der Waals surface area contributed by atoms with Crippen molar-refractivity contribution in [2.45, 2.75) is 46.1 Å². The Kier molecular flexibility index (Phi) is 5.07. The molecule has 1 aliphatic carbocycles. The summed E-state index contributed by atoms with van der Waals surface area (Å²) in [6.45, 7) is 6.54. The molecule has 1 aromatic heterocycles. The van der Waals surface area contributed by atoms with Gasteiger partial charge in [0.1, 0.15) is 5.41 Å². The highest BCUT2D eigenvalue weighted by atomic mass is 16.2. The number of nitrogens with zero attached hydrogens (tertiary/aromatic N) is 1. The third-order valence-corrected chi connectivity index (χ3v) is 4.96. The van der Waals surface area contributed by atoms with Gasteiger partial charge in [0.05, 0.1) is 0 Å². The Morgan fingerprint density at radius 1 is 1.15 bits per heavy atom. The highest BCUT2D eigenvalue weighted by Gasteiger charge is 2.56. The van der Waals surface area contributed by atoms with Crippen molar-refractivity contribution in [1.82, 2.24) is 10.3 Å². The van der Waals surface area contributed by atoms with Crippen LogP contribution in [0.1, 0.15) is 49.3 Å². The van der Waals surface area contributed by atoms with E-state index in [2.05, 4.69) is 29.5 Å². The summed E-state index contributed by atoms with van der Waals surface area (Å²) in [6.07, 6.45) is 4.57. The van der Waals surface area contributed by atoms with Crippen molar-refractivity contribution in [2.24, 2.45) is 5.41 Å². The largest absolute Gasteiger partial charge is 0.351 e. The van der Waals surface area contributed by atoms with Crippen LogP contribution in [0.5, 0.6) is 0 Å². The molecule has 5 heteroatoms. The summed E-state index contributed by atoms with van der Waals surface area (Å²) < 4.78 is 0. The van der Waals surface area contributed by atoms with Crippen LogP contribution in [0.25, 0.3) is 0 Å². The van der Waals surface area contributed by atoms with Gasteiger partial charge in [0.15, 0.2) is 0 Å². The molecule has 0 unspecified atom stereocenters. The third-order valence-electron chi connectivity index (χ3n) is 4.96. The number of rotatable bonds is 6. The second kappa shape index (κ2) is 7.28. The molecule has 2 N–H and O–H groups in total. The molecule has 1 heterocycles. The van der Waals surface area contributed by atoms with E-state index in [0.29, 0.717) is 25.3 Å². The Balaban J connectivity index is 1.71. The molecule has 0 saturated heterocycles. The summed E-state index contributed by atoms with van der Waals surface area (Å²) in [5.74, 6) is -0.129. The van der Waals surface area contributed by atoms with E-state index in [1.165, 1.54) is 0 Å². The van der Waals surface area contributed by atoms with Gasteiger partial charge in [-0.05, 0) is 48.4 Å². The quantitative estimate of drug-likeness (QED) is 0.782. The van der Waals surface area contributed by atoms with E-state index < -0.39 is 5.41 Å². The number of pyridine rings is 1. The number of carbonyl (C=O) groups is 2. The minimum absolute atomic E-state index is 0.210. The van der Waals surface area contributed by atoms with Crippen LogP contribution >= 0.6 is 0 Å². The number of hydrogen-bond donors (Lipinski definition) is 2. The Morgan fingerprint density at radius 3 is 2.54 bits per heavy atom. The first kappa shape index (κ1) is 18.1. The Labute approximate surface area is 154 Å². The van der Waals surface area contributed by atoms with E-state index in [1.807, 2.05) is 37.3 Å². The molecule has 5 nitrogen and oxygen atoms in total. The zero-order valence-corrected chi connectivity index (χ0v) is 15.5. The fraction of sp³-hybridized carbons (Fsp3) is 0.381. The maximum atomic E-state index is 12.9. The molecule has 0 atom stereocenters. The van der Waals surface area contributed by atoms with E-state index in [1.54, 1.807) is 12.4 Å². The number of hydrogen-bond acceptors (Lipinski definition) is 3. The van der Waals surface area contributed by atoms with Gasteiger partial charge in [-0.3, -0.25) is 14.6 Å². The van der Waals surface area contributed by atoms with Crippen LogP contribution in [0.3, 0.4) is 0 Å². The second-order valence-corrected chi connectivity index (χ2v) is 7.27. The number of carbonyl (C=O) groups excluding carboxylic acids is 2. The van der Waals surface area contributed by atoms with Gasteiger partial charge in [0, 0.05) is 24.6 Å². The Hall–Kier alpha value is -2.69. The lowest BCUT2D eigenvalue weighted by molar-refractivity contribution is -0.134. The highest BCUT2D eigenvalue weighted by Crippen LogP contribution is 2.47. The topological polar surface area (TPSA) is 71.1 Å². The van der Waals surface area contributed by atoms with E-state index in [9.17, 15) is 9.59 Å². The first-order valence-corrected chi connectivity index (χ1v) is 9.02. The lowest BCUT2D eigenvalue weighted by Gasteiger charge is -2.20. The van der Waals surface area contributed by atoms with Gasteiger partial charge in [0.25, 0.3) is 0 Å². The van der Waals surface area contributed by atoms with Crippen LogP contribution in [-0.2, 0) is 16.1 Å². The van der Waals surface area contributed by atoms with Gasteiger partial charge in [-0.1, -0.05) is 38.1 Å². The monoisotopic (exact) mass is 351 g/mol. The molecule has 2 aromatic rings. The third kappa shape index (κ3) is 3.62. The molecule has 26 heavy (non-hydrogen) atoms. The molecular weight excluding hydrogens is 326 g/mol. The van der Waals surface area contributed by atoms with Crippen molar-refractivity contribution in [3.63, 3.8) is 0 Å². The summed E-state index contributed by atoms with van der Waals surface area (Å²) in [7, 11) is 0. The molecule has 1 aromatic carbocycles. The van der Waals surface area contributed by atoms with Gasteiger partial charge in [-0.25, -0.2) is 0 Å². The average molecular weight is 351 g/mol. The number of amides is 2. The number of nitrogens with one attached hydrogen (secondary N) is 2. The Morgan fingerprint density at radius 2 is 1.92 bits per heavy atom. The second-order valence-electron chi connectivity index (χ2n) is 7.27. The van der Waals surface area contributed by atoms with Crippen LogP contribution in [0.2, 0.25) is 0 Å². The molecule has 2 amide bonds. The number of anilines is 1. The molecule has 0 bridgehead atoms. The SMILES string of the molecule is Cc1cccc(C(C)C)c1NC(=O)C1(C(=O)NCc2cccnc2)CC1. The summed E-state index contributed by atoms with van der Waals surface area (Å²) in [6, 6.07) is 9.72. The molecule has 3 rings (SSSR count). The van der Waals surface area contributed by atoms with E-state index in [-0.39, 0.29) is 11.8 Å². The van der Waals surface area contributed by atoms with Gasteiger partial charge in [-0.15, -0.1) is 0 Å². The molecule has 0 spiro atoms. The average Bonchev–Trinajstić information content (AvgIpc) is 3.44. The van der Waals surface area contributed by atoms with Crippen molar-refractivity contribution in [2.75, 3.05) is 5.32 Å². The molecule has 1 aliphatic rings. The van der Waals surface area contributed by atoms with Gasteiger partial charge >= 0.3 is 0 Å². The molecular formula is C21H25N3O2. The standard InChI is InChI=1S/C21H25N3O2/c1-14(2)17-8-4-6-15(3)18(17)24-20(26)21(9-10-21)19(25)23-13-16-7-5-11-22-12-16/h4-8,11-12,14H,9-10,13H2,1-3H3,(H,23,25)(H,24,26). The Bertz CT molecular complexity index is 811. The van der Waals surface area contributed by atoms with Crippen LogP contribution in [0.15, 0.2) is 42.7 Å². The number of aromatic nitrogens is 1. The first-order valence-electron chi connectivity index (χ1n) is 9.02. The van der Waals surface area contributed by atoms with Gasteiger partial charge in [0.2, 0.25) is 11.8 Å². The minimum Gasteiger partial charge on any atom is -0.351 e. The maximum absolute atomic E-state index is 12.9. The highest BCUT2D eigenvalue weighted by molar-refractivity contribution is 6.13. The number of para-hydroxylation sites is 1. The van der Waals surface area contributed by atoms with Crippen LogP contribution < -0.4 is 10.6 Å². The normalized spacial score (nSPS) is 14.8.